The summed E-state index contributed by atoms with van der Waals surface area (Å²) in [7, 11) is -11.4. The fourth-order valence-corrected chi connectivity index (χ4v) is 7.11. The van der Waals surface area contributed by atoms with Crippen molar-refractivity contribution in [3.8, 4) is 12.1 Å². The van der Waals surface area contributed by atoms with Gasteiger partial charge >= 0.3 is 34.9 Å². The van der Waals surface area contributed by atoms with Crippen molar-refractivity contribution in [1.29, 1.82) is 10.5 Å². The minimum atomic E-state index is -6.00. The van der Waals surface area contributed by atoms with E-state index in [0.717, 1.165) is 8.58 Å². The van der Waals surface area contributed by atoms with Crippen LogP contribution in [0.15, 0.2) is 182 Å². The van der Waals surface area contributed by atoms with Crippen LogP contribution in [0.2, 0.25) is 0 Å². The molecule has 0 bridgehead atoms. The van der Waals surface area contributed by atoms with Gasteiger partial charge < -0.3 is 34.5 Å². The van der Waals surface area contributed by atoms with Gasteiger partial charge in [-0.1, -0.05) is 173 Å². The van der Waals surface area contributed by atoms with E-state index in [1.807, 2.05) is 48.5 Å². The third-order valence-corrected chi connectivity index (χ3v) is 9.81. The second-order valence-electron chi connectivity index (χ2n) is 10.2. The van der Waals surface area contributed by atoms with Gasteiger partial charge in [0.1, 0.15) is 0 Å². The van der Waals surface area contributed by atoms with Crippen molar-refractivity contribution in [2.45, 2.75) is 6.92 Å². The molecule has 0 N–H and O–H groups in total. The van der Waals surface area contributed by atoms with Gasteiger partial charge in [0.15, 0.2) is 0 Å². The maximum atomic E-state index is 9.75. The summed E-state index contributed by atoms with van der Waals surface area (Å²) in [5.74, 6) is 0. The van der Waals surface area contributed by atoms with E-state index in [-0.39, 0.29) is 28.3 Å². The first kappa shape index (κ1) is 50.4. The monoisotopic (exact) mass is 886 g/mol. The van der Waals surface area contributed by atoms with Crippen LogP contribution >= 0.6 is 16.5 Å². The van der Waals surface area contributed by atoms with E-state index in [1.165, 1.54) is 27.4 Å². The molecule has 0 spiro atoms. The molecule has 0 atom stereocenters. The zero-order valence-corrected chi connectivity index (χ0v) is 32.8. The molecule has 0 saturated carbocycles. The maximum Gasteiger partial charge on any atom is 2.00 e. The van der Waals surface area contributed by atoms with Gasteiger partial charge in [0, 0.05) is 0 Å². The molecule has 55 heavy (non-hydrogen) atoms. The number of nitriles is 2. The van der Waals surface area contributed by atoms with Crippen LogP contribution in [0, 0.1) is 22.7 Å². The molecule has 2 nitrogen and oxygen atoms in total. The summed E-state index contributed by atoms with van der Waals surface area (Å²) in [6.45, 7) is 2.27. The third-order valence-electron chi connectivity index (χ3n) is 6.09. The molecule has 0 unspecified atom stereocenters. The van der Waals surface area contributed by atoms with E-state index in [1.54, 1.807) is 24.3 Å². The maximum absolute atomic E-state index is 9.75. The summed E-state index contributed by atoms with van der Waals surface area (Å²) in [6.07, 6.45) is 1.21. The molecule has 0 aromatic heterocycles. The standard InChI is InChI=1S/C14H15P.C12H11P.2C7H5N.2BF4.Pd/c1-2-15(13-9-5-3-6-10-13)14-11-7-4-8-12-14;1-3-7-11(8-4-1)13-12-9-5-2-6-10-12;2*8-6-7-4-2-1-3-5-7;2*2-1(3,4)5;/h3-12H,2H2,1H3;1-10,13H;2*1-5H;;;/q;;;;2*-1;+2. The Kier molecular flexibility index (Phi) is 27.2. The Morgan fingerprint density at radius 1 is 0.436 bits per heavy atom. The van der Waals surface area contributed by atoms with Crippen LogP contribution in [0.5, 0.6) is 0 Å². The van der Waals surface area contributed by atoms with E-state index in [4.69, 9.17) is 10.5 Å². The molecule has 0 amide bonds. The van der Waals surface area contributed by atoms with E-state index in [2.05, 4.69) is 128 Å². The van der Waals surface area contributed by atoms with E-state index in [0.29, 0.717) is 11.1 Å². The molecule has 0 aliphatic rings. The second kappa shape index (κ2) is 29.7. The van der Waals surface area contributed by atoms with Crippen LogP contribution in [-0.2, 0) is 20.4 Å². The first-order chi connectivity index (χ1) is 25.7. The normalized spacial score (nSPS) is 9.67. The number of nitrogens with zero attached hydrogens (tertiary/aromatic N) is 2. The molecule has 0 aliphatic carbocycles. The van der Waals surface area contributed by atoms with Gasteiger partial charge in [-0.3, -0.25) is 0 Å². The van der Waals surface area contributed by atoms with E-state index in [9.17, 15) is 34.5 Å². The Bertz CT molecular complexity index is 1740. The smallest absolute Gasteiger partial charge is 0.418 e. The van der Waals surface area contributed by atoms with Crippen LogP contribution < -0.4 is 21.2 Å². The predicted octanol–water partition coefficient (Wildman–Crippen LogP) is 11.2. The topological polar surface area (TPSA) is 47.6 Å². The average Bonchev–Trinajstić information content (AvgIpc) is 3.17. The zero-order chi connectivity index (χ0) is 40.1. The summed E-state index contributed by atoms with van der Waals surface area (Å²) in [5, 5.41) is 22.3. The Morgan fingerprint density at radius 3 is 0.855 bits per heavy atom. The van der Waals surface area contributed by atoms with Crippen molar-refractivity contribution in [1.82, 2.24) is 0 Å². The van der Waals surface area contributed by atoms with Gasteiger partial charge in [-0.05, 0) is 59.6 Å². The molecule has 6 aromatic rings. The first-order valence-electron chi connectivity index (χ1n) is 16.1. The molecule has 0 saturated heterocycles. The molecular weight excluding hydrogens is 850 g/mol. The summed E-state index contributed by atoms with van der Waals surface area (Å²) in [5.41, 5.74) is 1.43. The Hall–Kier alpha value is -4.61. The van der Waals surface area contributed by atoms with Gasteiger partial charge in [0.2, 0.25) is 0 Å². The summed E-state index contributed by atoms with van der Waals surface area (Å²) in [4.78, 5) is 0. The molecule has 6 rings (SSSR count). The fraction of sp³-hybridized carbons (Fsp3) is 0.0500. The summed E-state index contributed by atoms with van der Waals surface area (Å²) < 4.78 is 78.0. The molecule has 6 aromatic carbocycles. The number of hydrogen-bond acceptors (Lipinski definition) is 2. The van der Waals surface area contributed by atoms with Gasteiger partial charge in [0.25, 0.3) is 0 Å². The average molecular weight is 887 g/mol. The van der Waals surface area contributed by atoms with Gasteiger partial charge in [-0.15, -0.1) is 0 Å². The number of benzene rings is 6. The van der Waals surface area contributed by atoms with Gasteiger partial charge in [-0.2, -0.15) is 10.5 Å². The molecule has 15 heteroatoms. The quantitative estimate of drug-likeness (QED) is 0.0984. The number of rotatable bonds is 5. The van der Waals surface area contributed by atoms with Crippen molar-refractivity contribution in [2.75, 3.05) is 6.16 Å². The summed E-state index contributed by atoms with van der Waals surface area (Å²) >= 11 is 0. The van der Waals surface area contributed by atoms with Crippen LogP contribution in [-0.4, -0.2) is 20.7 Å². The van der Waals surface area contributed by atoms with Crippen molar-refractivity contribution in [3.63, 3.8) is 0 Å². The molecular formula is C40H36B2F8N2P2Pd. The van der Waals surface area contributed by atoms with Crippen LogP contribution in [0.1, 0.15) is 18.1 Å². The molecule has 288 valence electrons. The van der Waals surface area contributed by atoms with Crippen LogP contribution in [0.4, 0.5) is 34.5 Å². The van der Waals surface area contributed by atoms with Crippen molar-refractivity contribution in [3.05, 3.63) is 193 Å². The van der Waals surface area contributed by atoms with Gasteiger partial charge in [-0.25, -0.2) is 0 Å². The molecule has 0 heterocycles. The Labute approximate surface area is 334 Å². The second-order valence-corrected chi connectivity index (χ2v) is 14.1. The zero-order valence-electron chi connectivity index (χ0n) is 29.4. The van der Waals surface area contributed by atoms with Crippen LogP contribution in [0.3, 0.4) is 0 Å². The molecule has 0 fully saturated rings. The first-order valence-corrected chi connectivity index (χ1v) is 18.7. The fourth-order valence-electron chi connectivity index (χ4n) is 3.97. The Balaban J connectivity index is 0.000000666. The number of halogens is 8. The van der Waals surface area contributed by atoms with E-state index < -0.39 is 14.5 Å². The van der Waals surface area contributed by atoms with Crippen molar-refractivity contribution < 1.29 is 54.9 Å². The van der Waals surface area contributed by atoms with Crippen molar-refractivity contribution >= 4 is 52.2 Å². The minimum absolute atomic E-state index is 0. The van der Waals surface area contributed by atoms with Crippen molar-refractivity contribution in [2.24, 2.45) is 0 Å². The van der Waals surface area contributed by atoms with Gasteiger partial charge in [0.05, 0.1) is 23.3 Å². The predicted molar refractivity (Wildman–Crippen MR) is 213 cm³/mol. The third kappa shape index (κ3) is 29.4. The SMILES string of the molecule is CCP(c1ccccc1)c1ccccc1.F[B-](F)(F)F.F[B-](F)(F)F.N#Cc1ccccc1.N#Cc1ccccc1.[Pd+2].c1ccc(Pc2ccccc2)cc1. The van der Waals surface area contributed by atoms with Crippen LogP contribution in [0.25, 0.3) is 0 Å². The Morgan fingerprint density at radius 2 is 0.655 bits per heavy atom. The largest absolute Gasteiger partial charge is 2.00 e. The van der Waals surface area contributed by atoms with E-state index >= 15 is 0 Å². The molecule has 0 aliphatic heterocycles. The minimum Gasteiger partial charge on any atom is -0.418 e. The molecule has 0 radical (unpaired) electrons. The number of hydrogen-bond donors (Lipinski definition) is 0. The summed E-state index contributed by atoms with van der Waals surface area (Å²) in [6, 6.07) is 65.1.